The van der Waals surface area contributed by atoms with Crippen LogP contribution in [0.1, 0.15) is 25.7 Å². The topological polar surface area (TPSA) is 66.6 Å². The fraction of sp³-hybridized carbons (Fsp3) is 0.909. The highest BCUT2D eigenvalue weighted by Gasteiger charge is 2.27. The van der Waals surface area contributed by atoms with Gasteiger partial charge >= 0.3 is 0 Å². The summed E-state index contributed by atoms with van der Waals surface area (Å²) in [5.41, 5.74) is 5.60. The van der Waals surface area contributed by atoms with Crippen molar-refractivity contribution in [3.05, 3.63) is 0 Å². The van der Waals surface area contributed by atoms with Gasteiger partial charge in [0.1, 0.15) is 0 Å². The number of carbonyl (C=O) groups excluding carboxylic acids is 1. The van der Waals surface area contributed by atoms with E-state index in [1.807, 2.05) is 0 Å². The molecule has 1 rings (SSSR count). The van der Waals surface area contributed by atoms with E-state index in [1.54, 1.807) is 11.9 Å². The van der Waals surface area contributed by atoms with Gasteiger partial charge in [-0.1, -0.05) is 0 Å². The summed E-state index contributed by atoms with van der Waals surface area (Å²) in [6.07, 6.45) is 4.05. The minimum absolute atomic E-state index is 0.0420. The molecule has 0 saturated heterocycles. The summed E-state index contributed by atoms with van der Waals surface area (Å²) >= 11 is 0. The minimum atomic E-state index is 0.0420. The molecule has 1 aliphatic rings. The lowest BCUT2D eigenvalue weighted by atomic mass is 9.81. The van der Waals surface area contributed by atoms with Crippen molar-refractivity contribution >= 4 is 5.91 Å². The molecule has 1 saturated carbocycles. The van der Waals surface area contributed by atoms with E-state index in [9.17, 15) is 4.79 Å². The summed E-state index contributed by atoms with van der Waals surface area (Å²) in [5, 5.41) is 8.75. The zero-order valence-electron chi connectivity index (χ0n) is 9.48. The first-order valence-corrected chi connectivity index (χ1v) is 5.75. The predicted molar refractivity (Wildman–Crippen MR) is 59.2 cm³/mol. The Hall–Kier alpha value is -0.610. The summed E-state index contributed by atoms with van der Waals surface area (Å²) in [5.74, 6) is 0.945. The lowest BCUT2D eigenvalue weighted by Crippen LogP contribution is -2.37. The first-order valence-electron chi connectivity index (χ1n) is 5.75. The predicted octanol–water partition coefficient (Wildman–Crippen LogP) is 0.202. The Morgan fingerprint density at radius 1 is 1.40 bits per heavy atom. The summed E-state index contributed by atoms with van der Waals surface area (Å²) in [6, 6.07) is 0. The number of rotatable bonds is 4. The van der Waals surface area contributed by atoms with Gasteiger partial charge in [0.2, 0.25) is 5.91 Å². The van der Waals surface area contributed by atoms with Crippen LogP contribution in [0, 0.1) is 11.8 Å². The Morgan fingerprint density at radius 3 is 2.47 bits per heavy atom. The maximum absolute atomic E-state index is 11.9. The smallest absolute Gasteiger partial charge is 0.225 e. The van der Waals surface area contributed by atoms with Gasteiger partial charge in [0.15, 0.2) is 0 Å². The van der Waals surface area contributed by atoms with E-state index >= 15 is 0 Å². The summed E-state index contributed by atoms with van der Waals surface area (Å²) < 4.78 is 0. The van der Waals surface area contributed by atoms with E-state index in [0.29, 0.717) is 12.5 Å². The minimum Gasteiger partial charge on any atom is -0.395 e. The van der Waals surface area contributed by atoms with E-state index < -0.39 is 0 Å². The molecule has 3 N–H and O–H groups in total. The molecule has 88 valence electrons. The number of aliphatic hydroxyl groups excluding tert-OH is 1. The van der Waals surface area contributed by atoms with Crippen LogP contribution in [-0.2, 0) is 4.79 Å². The molecule has 15 heavy (non-hydrogen) atoms. The molecule has 0 atom stereocenters. The molecule has 0 aliphatic heterocycles. The maximum atomic E-state index is 11.9. The van der Waals surface area contributed by atoms with Gasteiger partial charge in [0.05, 0.1) is 6.61 Å². The van der Waals surface area contributed by atoms with Gasteiger partial charge in [-0.15, -0.1) is 0 Å². The van der Waals surface area contributed by atoms with E-state index in [0.717, 1.165) is 32.2 Å². The number of likely N-dealkylation sites (N-methyl/N-ethyl adjacent to an activating group) is 1. The lowest BCUT2D eigenvalue weighted by molar-refractivity contribution is -0.135. The molecule has 0 aromatic rings. The van der Waals surface area contributed by atoms with Crippen LogP contribution < -0.4 is 5.73 Å². The van der Waals surface area contributed by atoms with Gasteiger partial charge in [-0.25, -0.2) is 0 Å². The van der Waals surface area contributed by atoms with Gasteiger partial charge in [-0.3, -0.25) is 4.79 Å². The van der Waals surface area contributed by atoms with Gasteiger partial charge in [0.25, 0.3) is 0 Å². The molecule has 0 aromatic heterocycles. The maximum Gasteiger partial charge on any atom is 0.225 e. The van der Waals surface area contributed by atoms with Crippen LogP contribution in [0.4, 0.5) is 0 Å². The van der Waals surface area contributed by atoms with E-state index in [-0.39, 0.29) is 18.4 Å². The van der Waals surface area contributed by atoms with Crippen molar-refractivity contribution in [2.24, 2.45) is 17.6 Å². The Labute approximate surface area is 91.4 Å². The summed E-state index contributed by atoms with van der Waals surface area (Å²) in [4.78, 5) is 13.5. The second kappa shape index (κ2) is 6.08. The van der Waals surface area contributed by atoms with Crippen molar-refractivity contribution in [1.82, 2.24) is 4.90 Å². The normalized spacial score (nSPS) is 26.3. The van der Waals surface area contributed by atoms with Crippen LogP contribution in [0.15, 0.2) is 0 Å². The van der Waals surface area contributed by atoms with Gasteiger partial charge in [-0.05, 0) is 38.1 Å². The Balaban J connectivity index is 2.35. The van der Waals surface area contributed by atoms with Gasteiger partial charge in [0, 0.05) is 19.5 Å². The number of nitrogens with two attached hydrogens (primary N) is 1. The largest absolute Gasteiger partial charge is 0.395 e. The summed E-state index contributed by atoms with van der Waals surface area (Å²) in [6.45, 7) is 1.23. The molecule has 0 radical (unpaired) electrons. The van der Waals surface area contributed by atoms with Crippen LogP contribution >= 0.6 is 0 Å². The number of carbonyl (C=O) groups is 1. The number of amides is 1. The molecular weight excluding hydrogens is 192 g/mol. The zero-order chi connectivity index (χ0) is 11.3. The summed E-state index contributed by atoms with van der Waals surface area (Å²) in [7, 11) is 1.76. The lowest BCUT2D eigenvalue weighted by Gasteiger charge is -2.29. The average Bonchev–Trinajstić information content (AvgIpc) is 2.28. The molecule has 1 aliphatic carbocycles. The standard InChI is InChI=1S/C11H22N2O2/c1-13(6-7-14)11(15)10-4-2-9(8-12)3-5-10/h9-10,14H,2-8,12H2,1H3. The van der Waals surface area contributed by atoms with Crippen molar-refractivity contribution in [2.45, 2.75) is 25.7 Å². The monoisotopic (exact) mass is 214 g/mol. The van der Waals surface area contributed by atoms with Crippen molar-refractivity contribution < 1.29 is 9.90 Å². The third-order valence-corrected chi connectivity index (χ3v) is 3.34. The molecule has 1 fully saturated rings. The Bertz CT molecular complexity index is 201. The molecule has 1 amide bonds. The van der Waals surface area contributed by atoms with Crippen LogP contribution in [0.5, 0.6) is 0 Å². The zero-order valence-corrected chi connectivity index (χ0v) is 9.48. The van der Waals surface area contributed by atoms with Crippen LogP contribution in [0.2, 0.25) is 0 Å². The highest BCUT2D eigenvalue weighted by atomic mass is 16.3. The van der Waals surface area contributed by atoms with E-state index in [1.165, 1.54) is 0 Å². The van der Waals surface area contributed by atoms with Gasteiger partial charge in [-0.2, -0.15) is 0 Å². The molecule has 0 aromatic carbocycles. The molecular formula is C11H22N2O2. The van der Waals surface area contributed by atoms with Crippen LogP contribution in [0.3, 0.4) is 0 Å². The fourth-order valence-corrected chi connectivity index (χ4v) is 2.22. The van der Waals surface area contributed by atoms with Crippen LogP contribution in [0.25, 0.3) is 0 Å². The number of hydrogen-bond acceptors (Lipinski definition) is 3. The van der Waals surface area contributed by atoms with Crippen LogP contribution in [-0.4, -0.2) is 42.7 Å². The van der Waals surface area contributed by atoms with E-state index in [2.05, 4.69) is 0 Å². The molecule has 4 nitrogen and oxygen atoms in total. The molecule has 0 unspecified atom stereocenters. The number of hydrogen-bond donors (Lipinski definition) is 2. The number of aliphatic hydroxyl groups is 1. The molecule has 0 heterocycles. The van der Waals surface area contributed by atoms with Crippen molar-refractivity contribution in [3.8, 4) is 0 Å². The Morgan fingerprint density at radius 2 is 2.00 bits per heavy atom. The molecule has 0 spiro atoms. The highest BCUT2D eigenvalue weighted by molar-refractivity contribution is 5.78. The van der Waals surface area contributed by atoms with Crippen molar-refractivity contribution in [2.75, 3.05) is 26.7 Å². The third-order valence-electron chi connectivity index (χ3n) is 3.34. The Kier molecular flexibility index (Phi) is 5.05. The molecule has 0 bridgehead atoms. The highest BCUT2D eigenvalue weighted by Crippen LogP contribution is 2.29. The van der Waals surface area contributed by atoms with Gasteiger partial charge < -0.3 is 15.7 Å². The van der Waals surface area contributed by atoms with Crippen molar-refractivity contribution in [1.29, 1.82) is 0 Å². The third kappa shape index (κ3) is 3.47. The fourth-order valence-electron chi connectivity index (χ4n) is 2.22. The average molecular weight is 214 g/mol. The first-order chi connectivity index (χ1) is 7.19. The first kappa shape index (κ1) is 12.5. The quantitative estimate of drug-likeness (QED) is 0.702. The SMILES string of the molecule is CN(CCO)C(=O)C1CCC(CN)CC1. The molecule has 4 heteroatoms. The van der Waals surface area contributed by atoms with E-state index in [4.69, 9.17) is 10.8 Å². The number of nitrogens with zero attached hydrogens (tertiary/aromatic N) is 1. The second-order valence-corrected chi connectivity index (χ2v) is 4.44. The van der Waals surface area contributed by atoms with Crippen molar-refractivity contribution in [3.63, 3.8) is 0 Å². The second-order valence-electron chi connectivity index (χ2n) is 4.44.